The summed E-state index contributed by atoms with van der Waals surface area (Å²) < 4.78 is 0. The molecule has 1 N–H and O–H groups in total. The van der Waals surface area contributed by atoms with Gasteiger partial charge in [-0.05, 0) is 30.7 Å². The Labute approximate surface area is 95.6 Å². The number of nitrogens with zero attached hydrogens (tertiary/aromatic N) is 2. The fraction of sp³-hybridized carbons (Fsp3) is 0.231. The van der Waals surface area contributed by atoms with Gasteiger partial charge in [-0.1, -0.05) is 12.1 Å². The lowest BCUT2D eigenvalue weighted by atomic mass is 10.1. The third-order valence-electron chi connectivity index (χ3n) is 2.27. The zero-order valence-corrected chi connectivity index (χ0v) is 9.35. The van der Waals surface area contributed by atoms with Gasteiger partial charge in [-0.2, -0.15) is 0 Å². The van der Waals surface area contributed by atoms with Crippen LogP contribution < -0.4 is 5.32 Å². The molecule has 0 bridgehead atoms. The van der Waals surface area contributed by atoms with E-state index in [1.807, 2.05) is 30.5 Å². The Morgan fingerprint density at radius 2 is 2.12 bits per heavy atom. The molecule has 0 atom stereocenters. The number of hydrogen-bond donors (Lipinski definition) is 1. The predicted molar refractivity (Wildman–Crippen MR) is 65.4 cm³/mol. The summed E-state index contributed by atoms with van der Waals surface area (Å²) in [6.07, 6.45) is 4.49. The molecule has 0 aliphatic rings. The lowest BCUT2D eigenvalue weighted by Gasteiger charge is -2.05. The van der Waals surface area contributed by atoms with E-state index in [1.54, 1.807) is 6.20 Å². The van der Waals surface area contributed by atoms with Crippen LogP contribution in [0.5, 0.6) is 0 Å². The monoisotopic (exact) mass is 213 g/mol. The van der Waals surface area contributed by atoms with Crippen molar-refractivity contribution >= 4 is 5.82 Å². The SMILES string of the molecule is CCNc1cccc(Cc2cccnc2)n1. The van der Waals surface area contributed by atoms with Crippen LogP contribution in [-0.4, -0.2) is 16.5 Å². The third-order valence-corrected chi connectivity index (χ3v) is 2.27. The van der Waals surface area contributed by atoms with Crippen LogP contribution >= 0.6 is 0 Å². The van der Waals surface area contributed by atoms with Crippen molar-refractivity contribution in [3.8, 4) is 0 Å². The Kier molecular flexibility index (Phi) is 3.49. The highest BCUT2D eigenvalue weighted by Gasteiger charge is 1.98. The summed E-state index contributed by atoms with van der Waals surface area (Å²) in [5, 5.41) is 3.21. The van der Waals surface area contributed by atoms with Crippen molar-refractivity contribution in [2.24, 2.45) is 0 Å². The van der Waals surface area contributed by atoms with Gasteiger partial charge < -0.3 is 5.32 Å². The lowest BCUT2D eigenvalue weighted by Crippen LogP contribution is -2.01. The number of nitrogens with one attached hydrogen (secondary N) is 1. The molecule has 3 heteroatoms. The lowest BCUT2D eigenvalue weighted by molar-refractivity contribution is 1.04. The van der Waals surface area contributed by atoms with Crippen molar-refractivity contribution in [3.05, 3.63) is 54.0 Å². The maximum absolute atomic E-state index is 4.52. The summed E-state index contributed by atoms with van der Waals surface area (Å²) in [6.45, 7) is 2.96. The van der Waals surface area contributed by atoms with Crippen molar-refractivity contribution in [1.29, 1.82) is 0 Å². The minimum absolute atomic E-state index is 0.826. The Bertz CT molecular complexity index is 440. The Morgan fingerprint density at radius 1 is 1.19 bits per heavy atom. The molecule has 2 heterocycles. The van der Waals surface area contributed by atoms with Crippen LogP contribution in [0.3, 0.4) is 0 Å². The fourth-order valence-electron chi connectivity index (χ4n) is 1.57. The van der Waals surface area contributed by atoms with Gasteiger partial charge in [0.05, 0.1) is 0 Å². The van der Waals surface area contributed by atoms with Crippen molar-refractivity contribution in [2.75, 3.05) is 11.9 Å². The molecule has 2 rings (SSSR count). The summed E-state index contributed by atoms with van der Waals surface area (Å²) in [7, 11) is 0. The highest BCUT2D eigenvalue weighted by molar-refractivity contribution is 5.36. The van der Waals surface area contributed by atoms with Gasteiger partial charge in [-0.3, -0.25) is 4.98 Å². The smallest absolute Gasteiger partial charge is 0.126 e. The first kappa shape index (κ1) is 10.6. The van der Waals surface area contributed by atoms with Gasteiger partial charge in [0.1, 0.15) is 5.82 Å². The van der Waals surface area contributed by atoms with Gasteiger partial charge in [-0.15, -0.1) is 0 Å². The average molecular weight is 213 g/mol. The highest BCUT2D eigenvalue weighted by atomic mass is 15.0. The van der Waals surface area contributed by atoms with Gasteiger partial charge in [-0.25, -0.2) is 4.98 Å². The van der Waals surface area contributed by atoms with Gasteiger partial charge in [0.25, 0.3) is 0 Å². The molecule has 2 aromatic rings. The van der Waals surface area contributed by atoms with Crippen molar-refractivity contribution in [2.45, 2.75) is 13.3 Å². The van der Waals surface area contributed by atoms with Crippen LogP contribution in [0.4, 0.5) is 5.82 Å². The molecule has 0 unspecified atom stereocenters. The van der Waals surface area contributed by atoms with E-state index >= 15 is 0 Å². The normalized spacial score (nSPS) is 10.1. The second-order valence-electron chi connectivity index (χ2n) is 3.58. The number of pyridine rings is 2. The van der Waals surface area contributed by atoms with Crippen molar-refractivity contribution in [1.82, 2.24) is 9.97 Å². The summed E-state index contributed by atoms with van der Waals surface area (Å²) in [5.74, 6) is 0.934. The molecule has 0 aliphatic carbocycles. The molecule has 0 radical (unpaired) electrons. The van der Waals surface area contributed by atoms with Crippen LogP contribution in [0.25, 0.3) is 0 Å². The van der Waals surface area contributed by atoms with E-state index < -0.39 is 0 Å². The molecule has 0 saturated heterocycles. The highest BCUT2D eigenvalue weighted by Crippen LogP contribution is 2.09. The van der Waals surface area contributed by atoms with E-state index in [0.717, 1.165) is 24.5 Å². The molecule has 0 spiro atoms. The maximum atomic E-state index is 4.52. The molecule has 0 saturated carbocycles. The topological polar surface area (TPSA) is 37.8 Å². The van der Waals surface area contributed by atoms with Gasteiger partial charge in [0.2, 0.25) is 0 Å². The van der Waals surface area contributed by atoms with E-state index in [9.17, 15) is 0 Å². The Morgan fingerprint density at radius 3 is 2.88 bits per heavy atom. The number of anilines is 1. The second kappa shape index (κ2) is 5.26. The Hall–Kier alpha value is -1.90. The van der Waals surface area contributed by atoms with E-state index in [4.69, 9.17) is 0 Å². The van der Waals surface area contributed by atoms with Crippen molar-refractivity contribution < 1.29 is 0 Å². The first-order chi connectivity index (χ1) is 7.88. The van der Waals surface area contributed by atoms with Crippen LogP contribution in [0.2, 0.25) is 0 Å². The number of rotatable bonds is 4. The molecular formula is C13H15N3. The number of hydrogen-bond acceptors (Lipinski definition) is 3. The molecule has 3 nitrogen and oxygen atoms in total. The predicted octanol–water partition coefficient (Wildman–Crippen LogP) is 2.50. The molecule has 0 aromatic carbocycles. The molecular weight excluding hydrogens is 198 g/mol. The third kappa shape index (κ3) is 2.79. The standard InChI is InChI=1S/C13H15N3/c1-2-15-13-7-3-6-12(16-13)9-11-5-4-8-14-10-11/h3-8,10H,2,9H2,1H3,(H,15,16). The quantitative estimate of drug-likeness (QED) is 0.848. The largest absolute Gasteiger partial charge is 0.370 e. The van der Waals surface area contributed by atoms with E-state index in [1.165, 1.54) is 5.56 Å². The molecule has 82 valence electrons. The maximum Gasteiger partial charge on any atom is 0.126 e. The first-order valence-electron chi connectivity index (χ1n) is 5.47. The van der Waals surface area contributed by atoms with Gasteiger partial charge in [0.15, 0.2) is 0 Å². The zero-order valence-electron chi connectivity index (χ0n) is 9.35. The van der Waals surface area contributed by atoms with Gasteiger partial charge >= 0.3 is 0 Å². The molecule has 0 amide bonds. The van der Waals surface area contributed by atoms with E-state index in [0.29, 0.717) is 0 Å². The first-order valence-corrected chi connectivity index (χ1v) is 5.47. The van der Waals surface area contributed by atoms with Crippen molar-refractivity contribution in [3.63, 3.8) is 0 Å². The Balaban J connectivity index is 2.12. The molecule has 0 fully saturated rings. The molecule has 16 heavy (non-hydrogen) atoms. The van der Waals surface area contributed by atoms with Crippen LogP contribution in [0.1, 0.15) is 18.2 Å². The fourth-order valence-corrected chi connectivity index (χ4v) is 1.57. The summed E-state index contributed by atoms with van der Waals surface area (Å²) in [6, 6.07) is 10.1. The average Bonchev–Trinajstić information content (AvgIpc) is 2.31. The van der Waals surface area contributed by atoms with Crippen LogP contribution in [0.15, 0.2) is 42.7 Å². The van der Waals surface area contributed by atoms with Crippen LogP contribution in [0, 0.1) is 0 Å². The summed E-state index contributed by atoms with van der Waals surface area (Å²) >= 11 is 0. The van der Waals surface area contributed by atoms with E-state index in [-0.39, 0.29) is 0 Å². The van der Waals surface area contributed by atoms with Crippen LogP contribution in [-0.2, 0) is 6.42 Å². The molecule has 0 aliphatic heterocycles. The summed E-state index contributed by atoms with van der Waals surface area (Å²) in [4.78, 5) is 8.62. The minimum atomic E-state index is 0.826. The zero-order chi connectivity index (χ0) is 11.2. The number of aromatic nitrogens is 2. The van der Waals surface area contributed by atoms with E-state index in [2.05, 4.69) is 28.3 Å². The second-order valence-corrected chi connectivity index (χ2v) is 3.58. The minimum Gasteiger partial charge on any atom is -0.370 e. The van der Waals surface area contributed by atoms with Gasteiger partial charge in [0, 0.05) is 31.1 Å². The molecule has 2 aromatic heterocycles. The summed E-state index contributed by atoms with van der Waals surface area (Å²) in [5.41, 5.74) is 2.25.